The molecule has 2 aliphatic rings. The normalized spacial score (nSPS) is 18.3. The van der Waals surface area contributed by atoms with Gasteiger partial charge in [-0.1, -0.05) is 35.9 Å². The topological polar surface area (TPSA) is 43.9 Å². The van der Waals surface area contributed by atoms with E-state index in [4.69, 9.17) is 11.6 Å². The Kier molecular flexibility index (Phi) is 6.12. The van der Waals surface area contributed by atoms with Crippen molar-refractivity contribution in [2.24, 2.45) is 0 Å². The fraction of sp³-hybridized carbons (Fsp3) is 0.333. The van der Waals surface area contributed by atoms with Gasteiger partial charge in [-0.15, -0.1) is 0 Å². The number of nitrogens with zero attached hydrogens (tertiary/aromatic N) is 3. The number of likely N-dealkylation sites (tertiary alicyclic amines) is 1. The molecule has 5 nitrogen and oxygen atoms in total. The van der Waals surface area contributed by atoms with Gasteiger partial charge in [-0.05, 0) is 68.4 Å². The van der Waals surface area contributed by atoms with Gasteiger partial charge in [0.25, 0.3) is 11.8 Å². The van der Waals surface area contributed by atoms with Crippen molar-refractivity contribution in [3.8, 4) is 0 Å². The molecule has 1 fully saturated rings. The van der Waals surface area contributed by atoms with E-state index in [0.29, 0.717) is 21.9 Å². The largest absolute Gasteiger partial charge is 0.366 e. The number of halogens is 2. The predicted molar refractivity (Wildman–Crippen MR) is 119 cm³/mol. The molecule has 2 aliphatic heterocycles. The molecule has 0 radical (unpaired) electrons. The van der Waals surface area contributed by atoms with Crippen LogP contribution < -0.4 is 0 Å². The summed E-state index contributed by atoms with van der Waals surface area (Å²) < 4.78 is 13.5. The third-order valence-corrected chi connectivity index (χ3v) is 6.37. The van der Waals surface area contributed by atoms with E-state index in [2.05, 4.69) is 11.9 Å². The molecule has 31 heavy (non-hydrogen) atoms. The van der Waals surface area contributed by atoms with Gasteiger partial charge in [-0.2, -0.15) is 0 Å². The van der Waals surface area contributed by atoms with Crippen LogP contribution in [0.2, 0.25) is 5.02 Å². The lowest BCUT2D eigenvalue weighted by Gasteiger charge is -2.36. The molecular weight excluding hydrogens is 417 g/mol. The van der Waals surface area contributed by atoms with E-state index >= 15 is 0 Å². The first-order valence-corrected chi connectivity index (χ1v) is 10.7. The zero-order valence-corrected chi connectivity index (χ0v) is 18.4. The second kappa shape index (κ2) is 8.81. The maximum atomic E-state index is 13.5. The minimum absolute atomic E-state index is 0.157. The molecule has 4 rings (SSSR count). The summed E-state index contributed by atoms with van der Waals surface area (Å²) in [5, 5.41) is 0.593. The predicted octanol–water partition coefficient (Wildman–Crippen LogP) is 3.79. The molecular formula is C24H25ClFN3O2. The highest BCUT2D eigenvalue weighted by atomic mass is 35.5. The Balaban J connectivity index is 1.70. The molecule has 1 saturated heterocycles. The zero-order valence-electron chi connectivity index (χ0n) is 17.6. The minimum atomic E-state index is -0.385. The van der Waals surface area contributed by atoms with E-state index in [9.17, 15) is 14.0 Å². The lowest BCUT2D eigenvalue weighted by molar-refractivity contribution is -0.138. The van der Waals surface area contributed by atoms with E-state index < -0.39 is 0 Å². The Labute approximate surface area is 186 Å². The molecule has 0 aliphatic carbocycles. The summed E-state index contributed by atoms with van der Waals surface area (Å²) in [6.45, 7) is 2.03. The van der Waals surface area contributed by atoms with Crippen molar-refractivity contribution in [3.63, 3.8) is 0 Å². The SMILES string of the molecule is CN1CCC(N(C)C2=C(c3ccc(F)cc3)C(=O)N(Cc3ccc(Cl)cc3)C2=O)CC1. The van der Waals surface area contributed by atoms with Gasteiger partial charge in [0, 0.05) is 18.1 Å². The fourth-order valence-electron chi connectivity index (χ4n) is 4.25. The van der Waals surface area contributed by atoms with Crippen LogP contribution in [0.3, 0.4) is 0 Å². The first kappa shape index (κ1) is 21.5. The second-order valence-corrected chi connectivity index (χ2v) is 8.64. The van der Waals surface area contributed by atoms with Crippen molar-refractivity contribution in [1.29, 1.82) is 0 Å². The van der Waals surface area contributed by atoms with Gasteiger partial charge in [0.15, 0.2) is 0 Å². The summed E-state index contributed by atoms with van der Waals surface area (Å²) in [6.07, 6.45) is 1.82. The number of hydrogen-bond acceptors (Lipinski definition) is 4. The van der Waals surface area contributed by atoms with Gasteiger partial charge in [0.2, 0.25) is 0 Å². The molecule has 0 aromatic heterocycles. The van der Waals surface area contributed by atoms with Crippen LogP contribution in [0.4, 0.5) is 4.39 Å². The molecule has 7 heteroatoms. The first-order chi connectivity index (χ1) is 14.8. The Morgan fingerprint density at radius 2 is 1.61 bits per heavy atom. The Hall–Kier alpha value is -2.70. The molecule has 0 bridgehead atoms. The molecule has 0 N–H and O–H groups in total. The molecule has 2 amide bonds. The summed E-state index contributed by atoms with van der Waals surface area (Å²) in [5.74, 6) is -1.06. The second-order valence-electron chi connectivity index (χ2n) is 8.20. The molecule has 162 valence electrons. The number of piperidine rings is 1. The summed E-state index contributed by atoms with van der Waals surface area (Å²) in [5.41, 5.74) is 2.08. The van der Waals surface area contributed by atoms with Crippen LogP contribution in [-0.2, 0) is 16.1 Å². The monoisotopic (exact) mass is 441 g/mol. The van der Waals surface area contributed by atoms with E-state index in [0.717, 1.165) is 31.5 Å². The fourth-order valence-corrected chi connectivity index (χ4v) is 4.37. The number of rotatable bonds is 5. The van der Waals surface area contributed by atoms with Crippen LogP contribution in [0.1, 0.15) is 24.0 Å². The summed E-state index contributed by atoms with van der Waals surface area (Å²) in [4.78, 5) is 32.4. The molecule has 0 atom stereocenters. The number of imide groups is 1. The third-order valence-electron chi connectivity index (χ3n) is 6.12. The smallest absolute Gasteiger partial charge is 0.278 e. The maximum Gasteiger partial charge on any atom is 0.278 e. The molecule has 2 heterocycles. The highest BCUT2D eigenvalue weighted by Gasteiger charge is 2.42. The number of benzene rings is 2. The van der Waals surface area contributed by atoms with Crippen LogP contribution in [-0.4, -0.2) is 59.7 Å². The zero-order chi connectivity index (χ0) is 22.1. The average Bonchev–Trinajstić information content (AvgIpc) is 3.00. The standard InChI is InChI=1S/C24H25ClFN3O2/c1-27-13-11-20(12-14-27)28(2)22-21(17-5-9-19(26)10-6-17)23(30)29(24(22)31)15-16-3-7-18(25)8-4-16/h3-10,20H,11-15H2,1-2H3. The lowest BCUT2D eigenvalue weighted by atomic mass is 10.00. The van der Waals surface area contributed by atoms with Crippen LogP contribution in [0.15, 0.2) is 54.2 Å². The van der Waals surface area contributed by atoms with Crippen molar-refractivity contribution in [3.05, 3.63) is 76.2 Å². The van der Waals surface area contributed by atoms with Gasteiger partial charge in [-0.25, -0.2) is 4.39 Å². The summed E-state index contributed by atoms with van der Waals surface area (Å²) in [6, 6.07) is 13.0. The van der Waals surface area contributed by atoms with Crippen molar-refractivity contribution in [2.75, 3.05) is 27.2 Å². The van der Waals surface area contributed by atoms with Gasteiger partial charge < -0.3 is 9.80 Å². The summed E-state index contributed by atoms with van der Waals surface area (Å²) >= 11 is 5.97. The van der Waals surface area contributed by atoms with Gasteiger partial charge >= 0.3 is 0 Å². The molecule has 0 spiro atoms. The Morgan fingerprint density at radius 3 is 2.23 bits per heavy atom. The quantitative estimate of drug-likeness (QED) is 0.662. The van der Waals surface area contributed by atoms with Crippen molar-refractivity contribution >= 4 is 29.0 Å². The van der Waals surface area contributed by atoms with Crippen LogP contribution >= 0.6 is 11.6 Å². The van der Waals surface area contributed by atoms with E-state index in [-0.39, 0.29) is 30.2 Å². The van der Waals surface area contributed by atoms with Crippen LogP contribution in [0, 0.1) is 5.82 Å². The number of amides is 2. The van der Waals surface area contributed by atoms with Crippen molar-refractivity contribution < 1.29 is 14.0 Å². The lowest BCUT2D eigenvalue weighted by Crippen LogP contribution is -2.43. The van der Waals surface area contributed by atoms with Crippen molar-refractivity contribution in [1.82, 2.24) is 14.7 Å². The highest BCUT2D eigenvalue weighted by Crippen LogP contribution is 2.34. The van der Waals surface area contributed by atoms with E-state index in [1.54, 1.807) is 36.4 Å². The van der Waals surface area contributed by atoms with E-state index in [1.165, 1.54) is 17.0 Å². The van der Waals surface area contributed by atoms with E-state index in [1.807, 2.05) is 11.9 Å². The number of carbonyl (C=O) groups is 2. The van der Waals surface area contributed by atoms with Crippen molar-refractivity contribution in [2.45, 2.75) is 25.4 Å². The molecule has 0 unspecified atom stereocenters. The van der Waals surface area contributed by atoms with Gasteiger partial charge in [-0.3, -0.25) is 14.5 Å². The first-order valence-electron chi connectivity index (χ1n) is 10.4. The number of hydrogen-bond donors (Lipinski definition) is 0. The molecule has 2 aromatic carbocycles. The average molecular weight is 442 g/mol. The number of carbonyl (C=O) groups excluding carboxylic acids is 2. The Bertz CT molecular complexity index is 1010. The summed E-state index contributed by atoms with van der Waals surface area (Å²) in [7, 11) is 3.96. The number of likely N-dealkylation sites (N-methyl/N-ethyl adjacent to an activating group) is 1. The Morgan fingerprint density at radius 1 is 1.00 bits per heavy atom. The van der Waals surface area contributed by atoms with Gasteiger partial charge in [0.1, 0.15) is 11.5 Å². The van der Waals surface area contributed by atoms with Crippen LogP contribution in [0.25, 0.3) is 5.57 Å². The maximum absolute atomic E-state index is 13.5. The van der Waals surface area contributed by atoms with Gasteiger partial charge in [0.05, 0.1) is 12.1 Å². The minimum Gasteiger partial charge on any atom is -0.366 e. The molecule has 0 saturated carbocycles. The molecule has 2 aromatic rings. The highest BCUT2D eigenvalue weighted by molar-refractivity contribution is 6.35. The third kappa shape index (κ3) is 4.36. The van der Waals surface area contributed by atoms with Crippen LogP contribution in [0.5, 0.6) is 0 Å².